The minimum atomic E-state index is 0.154. The van der Waals surface area contributed by atoms with E-state index in [4.69, 9.17) is 16.3 Å². The van der Waals surface area contributed by atoms with E-state index in [-0.39, 0.29) is 5.75 Å². The monoisotopic (exact) mass is 624 g/mol. The molecule has 6 rings (SSSR count). The second-order valence-electron chi connectivity index (χ2n) is 11.6. The molecule has 4 aliphatic heterocycles. The third kappa shape index (κ3) is 10.3. The summed E-state index contributed by atoms with van der Waals surface area (Å²) in [4.78, 5) is 4.95. The standard InChI is InChI=1S/C24H30ClNO2S.C10H19N2.C2H2/c1-3-5-7-18-15-26(20-8-10-21(11-9-20)28-12-6-4-2)23-14-22(25)24(27)13-19(23)17-29-16-18;1-2-3-7-12-8-4-11(5-9-12)6-10-12;1-2/h4,6,8-11,13-14,18,27H,3,5,7,12,15-17H2,1-2H3;2H,1,3-10H2;1-2H/q;+1;/b6-4+;;. The van der Waals surface area contributed by atoms with Gasteiger partial charge in [-0.3, -0.25) is 4.90 Å². The number of allylic oxidation sites excluding steroid dienone is 1. The van der Waals surface area contributed by atoms with Gasteiger partial charge in [0.25, 0.3) is 0 Å². The second kappa shape index (κ2) is 18.3. The van der Waals surface area contributed by atoms with Gasteiger partial charge in [-0.05, 0) is 67.0 Å². The van der Waals surface area contributed by atoms with Crippen molar-refractivity contribution in [3.05, 3.63) is 71.8 Å². The average Bonchev–Trinajstić information content (AvgIpc) is 3.04. The first-order chi connectivity index (χ1) is 21.0. The summed E-state index contributed by atoms with van der Waals surface area (Å²) in [7, 11) is 0. The van der Waals surface area contributed by atoms with Crippen LogP contribution in [0, 0.1) is 18.8 Å². The Hall–Kier alpha value is -2.56. The number of unbranched alkanes of at least 4 members (excludes halogenated alkanes) is 1. The lowest BCUT2D eigenvalue weighted by molar-refractivity contribution is -0.940. The molecule has 43 heavy (non-hydrogen) atoms. The molecule has 0 spiro atoms. The normalized spacial score (nSPS) is 22.7. The van der Waals surface area contributed by atoms with E-state index in [1.807, 2.05) is 55.1 Å². The lowest BCUT2D eigenvalue weighted by Gasteiger charge is -2.50. The van der Waals surface area contributed by atoms with Gasteiger partial charge in [0.15, 0.2) is 0 Å². The predicted molar refractivity (Wildman–Crippen MR) is 187 cm³/mol. The zero-order valence-electron chi connectivity index (χ0n) is 26.2. The molecular weight excluding hydrogens is 574 g/mol. The van der Waals surface area contributed by atoms with Gasteiger partial charge in [-0.2, -0.15) is 11.8 Å². The highest BCUT2D eigenvalue weighted by molar-refractivity contribution is 7.98. The van der Waals surface area contributed by atoms with E-state index in [1.165, 1.54) is 76.0 Å². The van der Waals surface area contributed by atoms with E-state index in [1.54, 1.807) is 0 Å². The van der Waals surface area contributed by atoms with E-state index in [0.717, 1.165) is 40.7 Å². The number of benzene rings is 2. The minimum Gasteiger partial charge on any atom is -0.506 e. The van der Waals surface area contributed by atoms with Crippen molar-refractivity contribution in [3.63, 3.8) is 0 Å². The molecule has 0 saturated carbocycles. The van der Waals surface area contributed by atoms with Crippen LogP contribution in [0.25, 0.3) is 0 Å². The average molecular weight is 625 g/mol. The highest BCUT2D eigenvalue weighted by Gasteiger charge is 2.37. The van der Waals surface area contributed by atoms with Crippen molar-refractivity contribution in [1.82, 2.24) is 4.90 Å². The maximum atomic E-state index is 10.1. The molecule has 0 aromatic heterocycles. The number of thioether (sulfide) groups is 1. The van der Waals surface area contributed by atoms with E-state index in [0.29, 0.717) is 17.5 Å². The van der Waals surface area contributed by atoms with Gasteiger partial charge in [0.1, 0.15) is 18.1 Å². The molecule has 4 heterocycles. The molecule has 0 radical (unpaired) electrons. The van der Waals surface area contributed by atoms with Crippen molar-refractivity contribution in [2.45, 2.75) is 45.3 Å². The summed E-state index contributed by atoms with van der Waals surface area (Å²) in [5, 5.41) is 10.5. The molecule has 7 heteroatoms. The van der Waals surface area contributed by atoms with Gasteiger partial charge in [0, 0.05) is 49.7 Å². The number of halogens is 1. The minimum absolute atomic E-state index is 0.154. The maximum absolute atomic E-state index is 10.1. The molecule has 2 aromatic carbocycles. The summed E-state index contributed by atoms with van der Waals surface area (Å²) in [5.74, 6) is 3.64. The lowest BCUT2D eigenvalue weighted by Crippen LogP contribution is -2.67. The Morgan fingerprint density at radius 2 is 1.84 bits per heavy atom. The molecular formula is C36H51ClN3O2S+. The summed E-state index contributed by atoms with van der Waals surface area (Å²) >= 11 is 8.25. The van der Waals surface area contributed by atoms with E-state index < -0.39 is 0 Å². The second-order valence-corrected chi connectivity index (χ2v) is 13.0. The topological polar surface area (TPSA) is 35.9 Å². The molecule has 1 atom stereocenters. The highest BCUT2D eigenvalue weighted by atomic mass is 35.5. The van der Waals surface area contributed by atoms with Crippen molar-refractivity contribution in [2.24, 2.45) is 5.92 Å². The molecule has 3 fully saturated rings. The number of quaternary nitrogens is 1. The first-order valence-electron chi connectivity index (χ1n) is 15.7. The summed E-state index contributed by atoms with van der Waals surface area (Å²) in [6.45, 7) is 19.0. The lowest BCUT2D eigenvalue weighted by atomic mass is 10.0. The van der Waals surface area contributed by atoms with Crippen LogP contribution in [-0.2, 0) is 5.75 Å². The van der Waals surface area contributed by atoms with Crippen molar-refractivity contribution in [3.8, 4) is 24.3 Å². The number of ether oxygens (including phenoxy) is 1. The van der Waals surface area contributed by atoms with Crippen molar-refractivity contribution >= 4 is 34.7 Å². The Labute approximate surface area is 270 Å². The first-order valence-corrected chi connectivity index (χ1v) is 17.2. The van der Waals surface area contributed by atoms with Crippen LogP contribution in [0.2, 0.25) is 5.02 Å². The van der Waals surface area contributed by atoms with Gasteiger partial charge in [-0.1, -0.05) is 49.6 Å². The SMILES string of the molecule is C#C.C/C=C/COc1ccc(N2CC(CCCC)CSCc3cc(O)c(Cl)cc32)cc1.C=CCC[N+]12CCN(CC1)CC2. The summed E-state index contributed by atoms with van der Waals surface area (Å²) < 4.78 is 7.13. The Kier molecular flexibility index (Phi) is 14.9. The van der Waals surface area contributed by atoms with Gasteiger partial charge in [0.2, 0.25) is 0 Å². The number of hydrogen-bond acceptors (Lipinski definition) is 5. The summed E-state index contributed by atoms with van der Waals surface area (Å²) in [6, 6.07) is 12.0. The first kappa shape index (κ1) is 34.9. The van der Waals surface area contributed by atoms with Crippen LogP contribution < -0.4 is 9.64 Å². The number of piperazine rings is 3. The molecule has 1 N–H and O–H groups in total. The Balaban J connectivity index is 0.000000299. The van der Waals surface area contributed by atoms with Gasteiger partial charge < -0.3 is 19.2 Å². The number of nitrogens with zero attached hydrogens (tertiary/aromatic N) is 3. The van der Waals surface area contributed by atoms with Crippen LogP contribution in [0.4, 0.5) is 11.4 Å². The molecule has 1 unspecified atom stereocenters. The van der Waals surface area contributed by atoms with Gasteiger partial charge in [-0.25, -0.2) is 0 Å². The number of hydrogen-bond donors (Lipinski definition) is 1. The van der Waals surface area contributed by atoms with Crippen LogP contribution in [0.1, 0.15) is 45.1 Å². The van der Waals surface area contributed by atoms with E-state index >= 15 is 0 Å². The molecule has 2 bridgehead atoms. The third-order valence-corrected chi connectivity index (χ3v) is 10.2. The van der Waals surface area contributed by atoms with E-state index in [9.17, 15) is 5.11 Å². The van der Waals surface area contributed by atoms with E-state index in [2.05, 4.69) is 54.4 Å². The van der Waals surface area contributed by atoms with Crippen molar-refractivity contribution in [2.75, 3.05) is 69.6 Å². The number of rotatable bonds is 10. The third-order valence-electron chi connectivity index (χ3n) is 8.67. The molecule has 0 aliphatic carbocycles. The number of phenolic OH excluding ortho intramolecular Hbond substituents is 1. The zero-order chi connectivity index (χ0) is 31.1. The zero-order valence-corrected chi connectivity index (χ0v) is 27.8. The molecule has 4 aliphatic rings. The van der Waals surface area contributed by atoms with Gasteiger partial charge >= 0.3 is 0 Å². The Morgan fingerprint density at radius 3 is 2.47 bits per heavy atom. The summed E-state index contributed by atoms with van der Waals surface area (Å²) in [5.41, 5.74) is 3.34. The van der Waals surface area contributed by atoms with Gasteiger partial charge in [-0.15, -0.1) is 19.4 Å². The van der Waals surface area contributed by atoms with Crippen molar-refractivity contribution < 1.29 is 14.3 Å². The highest BCUT2D eigenvalue weighted by Crippen LogP contribution is 2.40. The fourth-order valence-corrected chi connectivity index (χ4v) is 7.35. The molecule has 5 nitrogen and oxygen atoms in total. The number of anilines is 2. The summed E-state index contributed by atoms with van der Waals surface area (Å²) in [6.07, 6.45) is 18.9. The number of phenols is 1. The Morgan fingerprint density at radius 1 is 1.14 bits per heavy atom. The van der Waals surface area contributed by atoms with Gasteiger partial charge in [0.05, 0.1) is 31.2 Å². The van der Waals surface area contributed by atoms with Crippen LogP contribution in [0.5, 0.6) is 11.5 Å². The predicted octanol–water partition coefficient (Wildman–Crippen LogP) is 8.15. The number of terminal acetylenes is 1. The smallest absolute Gasteiger partial charge is 0.134 e. The van der Waals surface area contributed by atoms with Crippen LogP contribution in [0.3, 0.4) is 0 Å². The largest absolute Gasteiger partial charge is 0.506 e. The van der Waals surface area contributed by atoms with Crippen molar-refractivity contribution in [1.29, 1.82) is 0 Å². The molecule has 2 aromatic rings. The molecule has 3 saturated heterocycles. The van der Waals surface area contributed by atoms with Crippen LogP contribution >= 0.6 is 23.4 Å². The fourth-order valence-electron chi connectivity index (χ4n) is 6.01. The molecule has 0 amide bonds. The quantitative estimate of drug-likeness (QED) is 0.164. The van der Waals surface area contributed by atoms with Crippen LogP contribution in [0.15, 0.2) is 61.2 Å². The number of fused-ring (bicyclic) bond motifs is 4. The Bertz CT molecular complexity index is 1160. The molecule has 234 valence electrons. The maximum Gasteiger partial charge on any atom is 0.134 e. The fraction of sp³-hybridized carbons (Fsp3) is 0.500. The van der Waals surface area contributed by atoms with Crippen LogP contribution in [-0.4, -0.2) is 79.2 Å². The number of aromatic hydroxyl groups is 1.